The highest BCUT2D eigenvalue weighted by atomic mass is 16.3. The van der Waals surface area contributed by atoms with E-state index in [1.54, 1.807) is 0 Å². The van der Waals surface area contributed by atoms with Gasteiger partial charge in [0.2, 0.25) is 0 Å². The normalized spacial score (nSPS) is 30.7. The Morgan fingerprint density at radius 1 is 1.21 bits per heavy atom. The van der Waals surface area contributed by atoms with Gasteiger partial charge in [0, 0.05) is 11.8 Å². The van der Waals surface area contributed by atoms with Crippen molar-refractivity contribution in [3.63, 3.8) is 0 Å². The first kappa shape index (κ1) is 12.7. The molecule has 102 valence electrons. The first-order valence-corrected chi connectivity index (χ1v) is 7.52. The number of phenols is 1. The van der Waals surface area contributed by atoms with Gasteiger partial charge in [0.1, 0.15) is 5.75 Å². The van der Waals surface area contributed by atoms with Gasteiger partial charge >= 0.3 is 0 Å². The van der Waals surface area contributed by atoms with E-state index in [9.17, 15) is 5.11 Å². The molecule has 2 bridgehead atoms. The Labute approximate surface area is 115 Å². The monoisotopic (exact) mass is 257 g/mol. The number of aliphatic imine (C=N–C) groups is 1. The smallest absolute Gasteiger partial charge is 0.127 e. The van der Waals surface area contributed by atoms with Crippen LogP contribution in [0, 0.1) is 12.8 Å². The van der Waals surface area contributed by atoms with Crippen LogP contribution >= 0.6 is 0 Å². The highest BCUT2D eigenvalue weighted by Crippen LogP contribution is 2.44. The van der Waals surface area contributed by atoms with Crippen LogP contribution < -0.4 is 0 Å². The second kappa shape index (κ2) is 4.99. The lowest BCUT2D eigenvalue weighted by Gasteiger charge is -2.33. The number of nitrogens with zero attached hydrogens (tertiary/aromatic N) is 1. The molecule has 0 radical (unpaired) electrons. The van der Waals surface area contributed by atoms with Crippen LogP contribution in [0.4, 0.5) is 0 Å². The summed E-state index contributed by atoms with van der Waals surface area (Å²) in [6.07, 6.45) is 11.0. The third-order valence-electron chi connectivity index (χ3n) is 5.04. The molecule has 2 nitrogen and oxygen atoms in total. The number of aryl methyl sites for hydroxylation is 1. The van der Waals surface area contributed by atoms with E-state index in [1.165, 1.54) is 44.9 Å². The van der Waals surface area contributed by atoms with E-state index in [0.717, 1.165) is 17.0 Å². The van der Waals surface area contributed by atoms with E-state index < -0.39 is 0 Å². The van der Waals surface area contributed by atoms with Gasteiger partial charge in [-0.3, -0.25) is 4.99 Å². The Bertz CT molecular complexity index is 479. The van der Waals surface area contributed by atoms with Gasteiger partial charge < -0.3 is 5.11 Å². The Hall–Kier alpha value is -1.31. The van der Waals surface area contributed by atoms with Crippen LogP contribution in [0.5, 0.6) is 5.75 Å². The van der Waals surface area contributed by atoms with Crippen molar-refractivity contribution in [2.45, 2.75) is 57.4 Å². The molecule has 0 aromatic heterocycles. The highest BCUT2D eigenvalue weighted by molar-refractivity contribution is 5.84. The zero-order chi connectivity index (χ0) is 13.3. The molecule has 2 heteroatoms. The molecule has 3 saturated carbocycles. The Morgan fingerprint density at radius 3 is 2.79 bits per heavy atom. The highest BCUT2D eigenvalue weighted by Gasteiger charge is 2.37. The van der Waals surface area contributed by atoms with E-state index in [0.29, 0.717) is 5.75 Å². The first-order chi connectivity index (χ1) is 9.19. The van der Waals surface area contributed by atoms with E-state index >= 15 is 0 Å². The van der Waals surface area contributed by atoms with E-state index in [4.69, 9.17) is 4.99 Å². The van der Waals surface area contributed by atoms with Crippen LogP contribution in [-0.4, -0.2) is 16.9 Å². The zero-order valence-electron chi connectivity index (χ0n) is 11.7. The summed E-state index contributed by atoms with van der Waals surface area (Å²) in [7, 11) is 0. The van der Waals surface area contributed by atoms with Crippen molar-refractivity contribution in [1.29, 1.82) is 0 Å². The number of phenolic OH excluding ortho intramolecular Hbond substituents is 1. The maximum atomic E-state index is 10.1. The van der Waals surface area contributed by atoms with E-state index in [1.807, 2.05) is 31.3 Å². The molecule has 3 fully saturated rings. The Morgan fingerprint density at radius 2 is 2.00 bits per heavy atom. The van der Waals surface area contributed by atoms with Gasteiger partial charge in [-0.2, -0.15) is 0 Å². The maximum Gasteiger partial charge on any atom is 0.127 e. The van der Waals surface area contributed by atoms with Crippen molar-refractivity contribution in [2.75, 3.05) is 0 Å². The molecule has 0 amide bonds. The van der Waals surface area contributed by atoms with Crippen molar-refractivity contribution in [2.24, 2.45) is 10.9 Å². The number of hydrogen-bond donors (Lipinski definition) is 1. The number of benzene rings is 1. The minimum atomic E-state index is 0.170. The number of fused-ring (bicyclic) bond motifs is 4. The van der Waals surface area contributed by atoms with Crippen LogP contribution in [0.3, 0.4) is 0 Å². The quantitative estimate of drug-likeness (QED) is 0.790. The number of aromatic hydroxyl groups is 1. The lowest BCUT2D eigenvalue weighted by Crippen LogP contribution is -2.29. The van der Waals surface area contributed by atoms with Crippen molar-refractivity contribution in [1.82, 2.24) is 0 Å². The number of hydrogen-bond acceptors (Lipinski definition) is 2. The fourth-order valence-electron chi connectivity index (χ4n) is 3.66. The average Bonchev–Trinajstić information content (AvgIpc) is 2.74. The molecule has 4 rings (SSSR count). The molecule has 0 unspecified atom stereocenters. The van der Waals surface area contributed by atoms with Gasteiger partial charge in [-0.1, -0.05) is 25.0 Å². The zero-order valence-corrected chi connectivity index (χ0v) is 11.7. The third-order valence-corrected chi connectivity index (χ3v) is 5.04. The molecule has 0 heterocycles. The summed E-state index contributed by atoms with van der Waals surface area (Å²) >= 11 is 0. The number of rotatable bonds is 2. The molecule has 0 spiro atoms. The lowest BCUT2D eigenvalue weighted by atomic mass is 9.78. The summed E-state index contributed by atoms with van der Waals surface area (Å²) in [4.78, 5) is 4.92. The van der Waals surface area contributed by atoms with Gasteiger partial charge in [0.25, 0.3) is 0 Å². The fraction of sp³-hybridized carbons (Fsp3) is 0.588. The lowest BCUT2D eigenvalue weighted by molar-refractivity contribution is 0.266. The fourth-order valence-corrected chi connectivity index (χ4v) is 3.66. The van der Waals surface area contributed by atoms with Gasteiger partial charge in [-0.15, -0.1) is 0 Å². The summed E-state index contributed by atoms with van der Waals surface area (Å²) < 4.78 is 0. The predicted octanol–water partition coefficient (Wildman–Crippen LogP) is 4.23. The molecule has 3 aliphatic carbocycles. The third kappa shape index (κ3) is 2.54. The topological polar surface area (TPSA) is 32.6 Å². The second-order valence-corrected chi connectivity index (χ2v) is 6.33. The Balaban J connectivity index is 1.83. The predicted molar refractivity (Wildman–Crippen MR) is 79.0 cm³/mol. The molecule has 19 heavy (non-hydrogen) atoms. The molecule has 1 N–H and O–H groups in total. The largest absolute Gasteiger partial charge is 0.507 e. The molecule has 0 atom stereocenters. The summed E-state index contributed by atoms with van der Waals surface area (Å²) in [6.45, 7) is 1.93. The van der Waals surface area contributed by atoms with Crippen molar-refractivity contribution < 1.29 is 5.11 Å². The van der Waals surface area contributed by atoms with Crippen molar-refractivity contribution in [3.05, 3.63) is 29.3 Å². The van der Waals surface area contributed by atoms with Crippen LogP contribution in [0.1, 0.15) is 56.1 Å². The van der Waals surface area contributed by atoms with Crippen LogP contribution in [0.2, 0.25) is 0 Å². The number of para-hydroxylation sites is 1. The van der Waals surface area contributed by atoms with Crippen molar-refractivity contribution >= 4 is 6.21 Å². The average molecular weight is 257 g/mol. The maximum absolute atomic E-state index is 10.1. The molecule has 0 aliphatic heterocycles. The first-order valence-electron chi connectivity index (χ1n) is 7.52. The summed E-state index contributed by atoms with van der Waals surface area (Å²) in [5.41, 5.74) is 1.95. The molecule has 1 aromatic rings. The van der Waals surface area contributed by atoms with E-state index in [2.05, 4.69) is 0 Å². The van der Waals surface area contributed by atoms with Crippen LogP contribution in [-0.2, 0) is 0 Å². The molecular weight excluding hydrogens is 234 g/mol. The van der Waals surface area contributed by atoms with Crippen LogP contribution in [0.25, 0.3) is 0 Å². The summed E-state index contributed by atoms with van der Waals surface area (Å²) in [5, 5.41) is 10.1. The molecule has 1 aromatic carbocycles. The van der Waals surface area contributed by atoms with Crippen molar-refractivity contribution in [3.8, 4) is 5.75 Å². The van der Waals surface area contributed by atoms with Gasteiger partial charge in [-0.25, -0.2) is 0 Å². The summed E-state index contributed by atoms with van der Waals surface area (Å²) in [6, 6.07) is 5.87. The molecular formula is C17H23NO. The minimum absolute atomic E-state index is 0.170. The molecule has 3 aliphatic rings. The van der Waals surface area contributed by atoms with Crippen LogP contribution in [0.15, 0.2) is 23.2 Å². The minimum Gasteiger partial charge on any atom is -0.507 e. The van der Waals surface area contributed by atoms with Gasteiger partial charge in [-0.05, 0) is 56.6 Å². The van der Waals surface area contributed by atoms with E-state index in [-0.39, 0.29) is 5.54 Å². The molecule has 0 saturated heterocycles. The van der Waals surface area contributed by atoms with Gasteiger partial charge in [0.15, 0.2) is 0 Å². The Kier molecular flexibility index (Phi) is 3.34. The van der Waals surface area contributed by atoms with Gasteiger partial charge in [0.05, 0.1) is 5.54 Å². The standard InChI is InChI=1S/C17H23NO/c1-13-4-2-6-15(16(13)19)12-18-17-9-3-5-14(7-10-17)8-11-17/h2,4,6,12,14,19H,3,5,7-11H2,1H3. The second-order valence-electron chi connectivity index (χ2n) is 6.33. The summed E-state index contributed by atoms with van der Waals surface area (Å²) in [5.74, 6) is 1.34. The SMILES string of the molecule is Cc1cccc(C=NC23CCCC(CC2)CC3)c1O.